The average molecular weight is 192 g/mol. The van der Waals surface area contributed by atoms with Crippen molar-refractivity contribution in [3.63, 3.8) is 0 Å². The first kappa shape index (κ1) is 8.19. The van der Waals surface area contributed by atoms with Gasteiger partial charge in [-0.05, 0) is 11.4 Å². The summed E-state index contributed by atoms with van der Waals surface area (Å²) in [6.45, 7) is 0. The van der Waals surface area contributed by atoms with E-state index in [0.717, 1.165) is 16.9 Å². The van der Waals surface area contributed by atoms with E-state index < -0.39 is 0 Å². The molecule has 0 saturated carbocycles. The molecule has 0 aromatic carbocycles. The van der Waals surface area contributed by atoms with Gasteiger partial charge in [0.05, 0.1) is 16.9 Å². The number of aromatic nitrogens is 2. The van der Waals surface area contributed by atoms with Crippen LogP contribution in [0.2, 0.25) is 0 Å². The molecule has 0 aliphatic carbocycles. The molecule has 0 bridgehead atoms. The maximum atomic E-state index is 10.7. The third-order valence-electron chi connectivity index (χ3n) is 1.83. The van der Waals surface area contributed by atoms with Gasteiger partial charge in [-0.15, -0.1) is 11.3 Å². The SMILES string of the molecule is Cn1cnc(C=O)c1-c1cccs1. The summed E-state index contributed by atoms with van der Waals surface area (Å²) in [5.74, 6) is 0. The summed E-state index contributed by atoms with van der Waals surface area (Å²) in [5.41, 5.74) is 1.40. The van der Waals surface area contributed by atoms with Crippen LogP contribution in [0.3, 0.4) is 0 Å². The fraction of sp³-hybridized carbons (Fsp3) is 0.111. The van der Waals surface area contributed by atoms with E-state index in [9.17, 15) is 4.79 Å². The maximum Gasteiger partial charge on any atom is 0.170 e. The van der Waals surface area contributed by atoms with Crippen molar-refractivity contribution < 1.29 is 4.79 Å². The summed E-state index contributed by atoms with van der Waals surface area (Å²) in [6.07, 6.45) is 2.44. The number of thiophene rings is 1. The lowest BCUT2D eigenvalue weighted by molar-refractivity contribution is 0.112. The van der Waals surface area contributed by atoms with Crippen molar-refractivity contribution >= 4 is 17.6 Å². The number of hydrogen-bond acceptors (Lipinski definition) is 3. The van der Waals surface area contributed by atoms with Gasteiger partial charge in [0.1, 0.15) is 5.69 Å². The molecule has 0 atom stereocenters. The van der Waals surface area contributed by atoms with E-state index in [1.165, 1.54) is 0 Å². The number of aryl methyl sites for hydroxylation is 1. The van der Waals surface area contributed by atoms with Crippen LogP contribution in [0, 0.1) is 0 Å². The Morgan fingerprint density at radius 1 is 1.62 bits per heavy atom. The van der Waals surface area contributed by atoms with Crippen molar-refractivity contribution in [2.24, 2.45) is 7.05 Å². The molecule has 2 rings (SSSR count). The van der Waals surface area contributed by atoms with Crippen molar-refractivity contribution in [2.45, 2.75) is 0 Å². The third-order valence-corrected chi connectivity index (χ3v) is 2.71. The van der Waals surface area contributed by atoms with Gasteiger partial charge in [-0.3, -0.25) is 4.79 Å². The fourth-order valence-electron chi connectivity index (χ4n) is 1.25. The molecular formula is C9H8N2OS. The molecule has 2 aromatic heterocycles. The van der Waals surface area contributed by atoms with Crippen molar-refractivity contribution in [1.82, 2.24) is 9.55 Å². The number of carbonyl (C=O) groups excluding carboxylic acids is 1. The van der Waals surface area contributed by atoms with E-state index in [-0.39, 0.29) is 0 Å². The second kappa shape index (κ2) is 3.14. The minimum atomic E-state index is 0.505. The highest BCUT2D eigenvalue weighted by Gasteiger charge is 2.10. The Labute approximate surface area is 79.7 Å². The number of imidazole rings is 1. The summed E-state index contributed by atoms with van der Waals surface area (Å²) in [7, 11) is 1.88. The Morgan fingerprint density at radius 2 is 2.46 bits per heavy atom. The van der Waals surface area contributed by atoms with E-state index in [1.807, 2.05) is 29.1 Å². The Kier molecular flexibility index (Phi) is 1.98. The highest BCUT2D eigenvalue weighted by Crippen LogP contribution is 2.25. The molecule has 0 N–H and O–H groups in total. The predicted octanol–water partition coefficient (Wildman–Crippen LogP) is 1.96. The molecule has 0 saturated heterocycles. The second-order valence-corrected chi connectivity index (χ2v) is 3.63. The number of carbonyl (C=O) groups is 1. The lowest BCUT2D eigenvalue weighted by Gasteiger charge is -1.98. The van der Waals surface area contributed by atoms with Gasteiger partial charge in [0.2, 0.25) is 0 Å². The van der Waals surface area contributed by atoms with Crippen LogP contribution >= 0.6 is 11.3 Å². The molecular weight excluding hydrogens is 184 g/mol. The quantitative estimate of drug-likeness (QED) is 0.682. The lowest BCUT2D eigenvalue weighted by Crippen LogP contribution is -1.90. The van der Waals surface area contributed by atoms with Crippen LogP contribution in [0.4, 0.5) is 0 Å². The minimum Gasteiger partial charge on any atom is -0.332 e. The molecule has 66 valence electrons. The monoisotopic (exact) mass is 192 g/mol. The summed E-state index contributed by atoms with van der Waals surface area (Å²) in [5, 5.41) is 1.98. The van der Waals surface area contributed by atoms with Crippen LogP contribution in [-0.2, 0) is 7.05 Å². The summed E-state index contributed by atoms with van der Waals surface area (Å²) in [6, 6.07) is 3.94. The summed E-state index contributed by atoms with van der Waals surface area (Å²) >= 11 is 1.60. The van der Waals surface area contributed by atoms with Crippen LogP contribution in [0.1, 0.15) is 10.5 Å². The molecule has 0 radical (unpaired) electrons. The van der Waals surface area contributed by atoms with Crippen LogP contribution in [0.15, 0.2) is 23.8 Å². The molecule has 0 amide bonds. The Bertz CT molecular complexity index is 417. The average Bonchev–Trinajstić information content (AvgIpc) is 2.72. The van der Waals surface area contributed by atoms with Crippen molar-refractivity contribution in [2.75, 3.05) is 0 Å². The Morgan fingerprint density at radius 3 is 3.08 bits per heavy atom. The van der Waals surface area contributed by atoms with Gasteiger partial charge < -0.3 is 4.57 Å². The maximum absolute atomic E-state index is 10.7. The van der Waals surface area contributed by atoms with Crippen LogP contribution in [-0.4, -0.2) is 15.8 Å². The standard InChI is InChI=1S/C9H8N2OS/c1-11-6-10-7(5-12)9(11)8-3-2-4-13-8/h2-6H,1H3. The first-order chi connectivity index (χ1) is 6.33. The van der Waals surface area contributed by atoms with Gasteiger partial charge in [-0.2, -0.15) is 0 Å². The molecule has 0 aliphatic rings. The molecule has 4 heteroatoms. The van der Waals surface area contributed by atoms with Crippen LogP contribution < -0.4 is 0 Å². The van der Waals surface area contributed by atoms with Gasteiger partial charge in [-0.25, -0.2) is 4.98 Å². The largest absolute Gasteiger partial charge is 0.332 e. The topological polar surface area (TPSA) is 34.9 Å². The van der Waals surface area contributed by atoms with Gasteiger partial charge in [0.15, 0.2) is 6.29 Å². The molecule has 0 aliphatic heterocycles. The lowest BCUT2D eigenvalue weighted by atomic mass is 10.3. The number of hydrogen-bond donors (Lipinski definition) is 0. The van der Waals surface area contributed by atoms with E-state index in [0.29, 0.717) is 5.69 Å². The highest BCUT2D eigenvalue weighted by atomic mass is 32.1. The highest BCUT2D eigenvalue weighted by molar-refractivity contribution is 7.13. The molecule has 2 aromatic rings. The minimum absolute atomic E-state index is 0.505. The Hall–Kier alpha value is -1.42. The normalized spacial score (nSPS) is 10.2. The molecule has 0 unspecified atom stereocenters. The van der Waals surface area contributed by atoms with E-state index in [1.54, 1.807) is 17.7 Å². The van der Waals surface area contributed by atoms with E-state index in [4.69, 9.17) is 0 Å². The smallest absolute Gasteiger partial charge is 0.170 e. The van der Waals surface area contributed by atoms with Crippen LogP contribution in [0.5, 0.6) is 0 Å². The molecule has 3 nitrogen and oxygen atoms in total. The number of nitrogens with zero attached hydrogens (tertiary/aromatic N) is 2. The van der Waals surface area contributed by atoms with Gasteiger partial charge in [0.25, 0.3) is 0 Å². The van der Waals surface area contributed by atoms with Crippen molar-refractivity contribution in [3.05, 3.63) is 29.5 Å². The molecule has 0 fully saturated rings. The first-order valence-corrected chi connectivity index (χ1v) is 4.71. The van der Waals surface area contributed by atoms with Gasteiger partial charge >= 0.3 is 0 Å². The third kappa shape index (κ3) is 1.29. The van der Waals surface area contributed by atoms with Crippen molar-refractivity contribution in [1.29, 1.82) is 0 Å². The van der Waals surface area contributed by atoms with Gasteiger partial charge in [0, 0.05) is 7.05 Å². The van der Waals surface area contributed by atoms with E-state index in [2.05, 4.69) is 4.98 Å². The van der Waals surface area contributed by atoms with E-state index >= 15 is 0 Å². The molecule has 0 spiro atoms. The van der Waals surface area contributed by atoms with Crippen LogP contribution in [0.25, 0.3) is 10.6 Å². The Balaban J connectivity index is 2.62. The van der Waals surface area contributed by atoms with Gasteiger partial charge in [-0.1, -0.05) is 6.07 Å². The summed E-state index contributed by atoms with van der Waals surface area (Å²) < 4.78 is 1.86. The zero-order valence-electron chi connectivity index (χ0n) is 7.10. The zero-order chi connectivity index (χ0) is 9.26. The second-order valence-electron chi connectivity index (χ2n) is 2.68. The molecule has 2 heterocycles. The predicted molar refractivity (Wildman–Crippen MR) is 51.9 cm³/mol. The molecule has 13 heavy (non-hydrogen) atoms. The summed E-state index contributed by atoms with van der Waals surface area (Å²) in [4.78, 5) is 15.7. The first-order valence-electron chi connectivity index (χ1n) is 3.83. The number of rotatable bonds is 2. The fourth-order valence-corrected chi connectivity index (χ4v) is 2.07. The number of aldehydes is 1. The zero-order valence-corrected chi connectivity index (χ0v) is 7.91. The van der Waals surface area contributed by atoms with Crippen molar-refractivity contribution in [3.8, 4) is 10.6 Å².